The van der Waals surface area contributed by atoms with Crippen LogP contribution < -0.4 is 0 Å². The second kappa shape index (κ2) is 4.99. The third-order valence-corrected chi connectivity index (χ3v) is 3.64. The van der Waals surface area contributed by atoms with Crippen molar-refractivity contribution in [1.82, 2.24) is 14.7 Å². The summed E-state index contributed by atoms with van der Waals surface area (Å²) >= 11 is 0. The maximum Gasteiger partial charge on any atom is 0.322 e. The van der Waals surface area contributed by atoms with Crippen LogP contribution in [-0.4, -0.2) is 38.1 Å². The molecule has 0 aromatic carbocycles. The van der Waals surface area contributed by atoms with Crippen LogP contribution in [0.3, 0.4) is 0 Å². The van der Waals surface area contributed by atoms with Gasteiger partial charge >= 0.3 is 5.69 Å². The molecule has 1 saturated heterocycles. The topological polar surface area (TPSA) is 81.3 Å². The molecule has 0 N–H and O–H groups in total. The average Bonchev–Trinajstić information content (AvgIpc) is 2.64. The van der Waals surface area contributed by atoms with Crippen molar-refractivity contribution in [2.45, 2.75) is 39.2 Å². The lowest BCUT2D eigenvalue weighted by atomic mass is 10.0. The van der Waals surface area contributed by atoms with E-state index in [4.69, 9.17) is 0 Å². The zero-order valence-electron chi connectivity index (χ0n) is 11.4. The Hall–Kier alpha value is -1.92. The molecule has 19 heavy (non-hydrogen) atoms. The van der Waals surface area contributed by atoms with Crippen molar-refractivity contribution in [3.8, 4) is 0 Å². The Labute approximate surface area is 111 Å². The molecule has 1 aromatic heterocycles. The van der Waals surface area contributed by atoms with Crippen LogP contribution in [0.25, 0.3) is 0 Å². The van der Waals surface area contributed by atoms with Crippen LogP contribution in [0.5, 0.6) is 0 Å². The van der Waals surface area contributed by atoms with Crippen LogP contribution in [-0.2, 0) is 7.05 Å². The summed E-state index contributed by atoms with van der Waals surface area (Å²) in [6.45, 7) is 4.18. The third kappa shape index (κ3) is 2.32. The zero-order valence-corrected chi connectivity index (χ0v) is 11.4. The van der Waals surface area contributed by atoms with Gasteiger partial charge in [0.15, 0.2) is 0 Å². The molecule has 0 unspecified atom stereocenters. The Balaban J connectivity index is 2.41. The Bertz CT molecular complexity index is 523. The fourth-order valence-corrected chi connectivity index (χ4v) is 2.64. The van der Waals surface area contributed by atoms with E-state index in [0.717, 1.165) is 19.3 Å². The lowest BCUT2D eigenvalue weighted by molar-refractivity contribution is -0.385. The Morgan fingerprint density at radius 1 is 1.47 bits per heavy atom. The Morgan fingerprint density at radius 3 is 2.74 bits per heavy atom. The molecule has 1 aliphatic rings. The van der Waals surface area contributed by atoms with Crippen molar-refractivity contribution in [1.29, 1.82) is 0 Å². The van der Waals surface area contributed by atoms with Gasteiger partial charge in [0, 0.05) is 19.6 Å². The maximum absolute atomic E-state index is 12.5. The quantitative estimate of drug-likeness (QED) is 0.602. The van der Waals surface area contributed by atoms with Crippen molar-refractivity contribution in [2.24, 2.45) is 7.05 Å². The first kappa shape index (κ1) is 13.5. The molecule has 0 bridgehead atoms. The molecule has 1 aromatic rings. The highest BCUT2D eigenvalue weighted by Gasteiger charge is 2.34. The first-order valence-corrected chi connectivity index (χ1v) is 6.42. The van der Waals surface area contributed by atoms with Crippen molar-refractivity contribution in [2.75, 3.05) is 6.54 Å². The monoisotopic (exact) mass is 266 g/mol. The fraction of sp³-hybridized carbons (Fsp3) is 0.667. The molecule has 7 nitrogen and oxygen atoms in total. The maximum atomic E-state index is 12.5. The van der Waals surface area contributed by atoms with Gasteiger partial charge in [-0.3, -0.25) is 19.6 Å². The van der Waals surface area contributed by atoms with Crippen LogP contribution in [0.2, 0.25) is 0 Å². The van der Waals surface area contributed by atoms with Gasteiger partial charge < -0.3 is 4.90 Å². The number of hydrogen-bond donors (Lipinski definition) is 0. The minimum absolute atomic E-state index is 0.0799. The molecule has 7 heteroatoms. The number of amides is 1. The van der Waals surface area contributed by atoms with Crippen molar-refractivity contribution < 1.29 is 9.72 Å². The summed E-state index contributed by atoms with van der Waals surface area (Å²) in [5, 5.41) is 15.1. The van der Waals surface area contributed by atoms with Gasteiger partial charge in [0.25, 0.3) is 5.91 Å². The SMILES string of the molecule is Cc1nn(C)c(C(=O)N2CCCC[C@H]2C)c1[N+](=O)[O-]. The third-order valence-electron chi connectivity index (χ3n) is 3.64. The largest absolute Gasteiger partial charge is 0.334 e. The van der Waals surface area contributed by atoms with Gasteiger partial charge in [0.05, 0.1) is 4.92 Å². The molecule has 1 aliphatic heterocycles. The summed E-state index contributed by atoms with van der Waals surface area (Å²) in [6.07, 6.45) is 2.98. The molecule has 1 fully saturated rings. The number of rotatable bonds is 2. The lowest BCUT2D eigenvalue weighted by Gasteiger charge is -2.33. The number of carbonyl (C=O) groups is 1. The molecule has 104 valence electrons. The molecular formula is C12H18N4O3. The van der Waals surface area contributed by atoms with Gasteiger partial charge in [-0.05, 0) is 33.1 Å². The summed E-state index contributed by atoms with van der Waals surface area (Å²) in [4.78, 5) is 24.8. The van der Waals surface area contributed by atoms with Gasteiger partial charge in [-0.15, -0.1) is 0 Å². The second-order valence-electron chi connectivity index (χ2n) is 5.01. The molecule has 0 aliphatic carbocycles. The number of hydrogen-bond acceptors (Lipinski definition) is 4. The van der Waals surface area contributed by atoms with Gasteiger partial charge in [-0.2, -0.15) is 5.10 Å². The molecular weight excluding hydrogens is 248 g/mol. The minimum atomic E-state index is -0.524. The summed E-state index contributed by atoms with van der Waals surface area (Å²) in [7, 11) is 1.57. The standard InChI is InChI=1S/C12H18N4O3/c1-8-6-4-5-7-15(8)12(17)11-10(16(18)19)9(2)13-14(11)3/h8H,4-7H2,1-3H3/t8-/m1/s1. The Kier molecular flexibility index (Phi) is 3.55. The normalized spacial score (nSPS) is 19.5. The van der Waals surface area contributed by atoms with E-state index in [-0.39, 0.29) is 29.0 Å². The molecule has 0 radical (unpaired) electrons. The van der Waals surface area contributed by atoms with E-state index in [0.29, 0.717) is 6.54 Å². The van der Waals surface area contributed by atoms with E-state index in [1.54, 1.807) is 18.9 Å². The van der Waals surface area contributed by atoms with Crippen molar-refractivity contribution >= 4 is 11.6 Å². The molecule has 2 heterocycles. The van der Waals surface area contributed by atoms with E-state index < -0.39 is 4.92 Å². The zero-order chi connectivity index (χ0) is 14.2. The number of aromatic nitrogens is 2. The fourth-order valence-electron chi connectivity index (χ4n) is 2.64. The van der Waals surface area contributed by atoms with E-state index in [1.165, 1.54) is 4.68 Å². The molecule has 1 atom stereocenters. The molecule has 0 spiro atoms. The number of carbonyl (C=O) groups excluding carboxylic acids is 1. The van der Waals surface area contributed by atoms with Crippen LogP contribution in [0.4, 0.5) is 5.69 Å². The van der Waals surface area contributed by atoms with Crippen LogP contribution in [0.1, 0.15) is 42.4 Å². The van der Waals surface area contributed by atoms with Gasteiger partial charge in [-0.25, -0.2) is 0 Å². The predicted molar refractivity (Wildman–Crippen MR) is 68.9 cm³/mol. The van der Waals surface area contributed by atoms with Crippen molar-refractivity contribution in [3.63, 3.8) is 0 Å². The molecule has 1 amide bonds. The van der Waals surface area contributed by atoms with E-state index in [1.807, 2.05) is 6.92 Å². The van der Waals surface area contributed by atoms with Crippen LogP contribution in [0.15, 0.2) is 0 Å². The van der Waals surface area contributed by atoms with Crippen LogP contribution >= 0.6 is 0 Å². The smallest absolute Gasteiger partial charge is 0.322 e. The highest BCUT2D eigenvalue weighted by Crippen LogP contribution is 2.26. The molecule has 0 saturated carbocycles. The lowest BCUT2D eigenvalue weighted by Crippen LogP contribution is -2.42. The number of likely N-dealkylation sites (tertiary alicyclic amines) is 1. The minimum Gasteiger partial charge on any atom is -0.334 e. The highest BCUT2D eigenvalue weighted by atomic mass is 16.6. The predicted octanol–water partition coefficient (Wildman–Crippen LogP) is 1.65. The van der Waals surface area contributed by atoms with Gasteiger partial charge in [-0.1, -0.05) is 0 Å². The van der Waals surface area contributed by atoms with E-state index in [9.17, 15) is 14.9 Å². The summed E-state index contributed by atoms with van der Waals surface area (Å²) in [6, 6.07) is 0.121. The summed E-state index contributed by atoms with van der Waals surface area (Å²) in [5.74, 6) is -0.290. The summed E-state index contributed by atoms with van der Waals surface area (Å²) < 4.78 is 1.32. The first-order chi connectivity index (χ1) is 8.93. The summed E-state index contributed by atoms with van der Waals surface area (Å²) in [5.41, 5.74) is 0.182. The Morgan fingerprint density at radius 2 is 2.16 bits per heavy atom. The van der Waals surface area contributed by atoms with E-state index in [2.05, 4.69) is 5.10 Å². The highest BCUT2D eigenvalue weighted by molar-refractivity contribution is 5.97. The first-order valence-electron chi connectivity index (χ1n) is 6.42. The number of nitro groups is 1. The van der Waals surface area contributed by atoms with Gasteiger partial charge in [0.2, 0.25) is 5.69 Å². The van der Waals surface area contributed by atoms with Crippen molar-refractivity contribution in [3.05, 3.63) is 21.5 Å². The number of nitrogens with zero attached hydrogens (tertiary/aromatic N) is 4. The molecule has 2 rings (SSSR count). The van der Waals surface area contributed by atoms with E-state index >= 15 is 0 Å². The van der Waals surface area contributed by atoms with Gasteiger partial charge in [0.1, 0.15) is 5.69 Å². The number of aryl methyl sites for hydroxylation is 2. The second-order valence-corrected chi connectivity index (χ2v) is 5.01. The number of piperidine rings is 1. The average molecular weight is 266 g/mol. The van der Waals surface area contributed by atoms with Crippen LogP contribution in [0, 0.1) is 17.0 Å².